The van der Waals surface area contributed by atoms with Gasteiger partial charge in [-0.2, -0.15) is 0 Å². The minimum atomic E-state index is 0.920. The highest BCUT2D eigenvalue weighted by molar-refractivity contribution is 4.96. The first-order chi connectivity index (χ1) is 7.45. The SMILES string of the molecule is CC1CCC2C(C)C(C)C(C)C(C)C2C1C. The lowest BCUT2D eigenvalue weighted by molar-refractivity contribution is -0.0579. The van der Waals surface area contributed by atoms with E-state index in [1.807, 2.05) is 0 Å². The van der Waals surface area contributed by atoms with E-state index in [4.69, 9.17) is 0 Å². The van der Waals surface area contributed by atoms with Gasteiger partial charge in [-0.25, -0.2) is 0 Å². The zero-order chi connectivity index (χ0) is 12.0. The molecular weight excluding hydrogens is 192 g/mol. The molecule has 0 amide bonds. The van der Waals surface area contributed by atoms with Crippen LogP contribution in [0.1, 0.15) is 54.4 Å². The minimum Gasteiger partial charge on any atom is -0.0622 e. The molecule has 0 aliphatic heterocycles. The number of hydrogen-bond donors (Lipinski definition) is 0. The predicted molar refractivity (Wildman–Crippen MR) is 71.2 cm³/mol. The van der Waals surface area contributed by atoms with Gasteiger partial charge >= 0.3 is 0 Å². The summed E-state index contributed by atoms with van der Waals surface area (Å²) in [6.07, 6.45) is 2.97. The van der Waals surface area contributed by atoms with E-state index < -0.39 is 0 Å². The van der Waals surface area contributed by atoms with Crippen LogP contribution in [-0.2, 0) is 0 Å². The van der Waals surface area contributed by atoms with Crippen molar-refractivity contribution in [3.8, 4) is 0 Å². The van der Waals surface area contributed by atoms with E-state index >= 15 is 0 Å². The summed E-state index contributed by atoms with van der Waals surface area (Å²) < 4.78 is 0. The van der Waals surface area contributed by atoms with Crippen molar-refractivity contribution in [3.05, 3.63) is 0 Å². The van der Waals surface area contributed by atoms with Crippen molar-refractivity contribution in [2.75, 3.05) is 0 Å². The molecule has 0 heteroatoms. The Labute approximate surface area is 102 Å². The van der Waals surface area contributed by atoms with Gasteiger partial charge in [-0.05, 0) is 53.8 Å². The lowest BCUT2D eigenvalue weighted by Gasteiger charge is -2.54. The summed E-state index contributed by atoms with van der Waals surface area (Å²) in [6, 6.07) is 0. The average Bonchev–Trinajstić information content (AvgIpc) is 2.27. The maximum absolute atomic E-state index is 2.53. The third kappa shape index (κ3) is 1.73. The Morgan fingerprint density at radius 2 is 1.12 bits per heavy atom. The van der Waals surface area contributed by atoms with Crippen molar-refractivity contribution in [2.45, 2.75) is 54.4 Å². The molecule has 0 heterocycles. The Kier molecular flexibility index (Phi) is 3.39. The zero-order valence-electron chi connectivity index (χ0n) is 12.0. The topological polar surface area (TPSA) is 0 Å². The van der Waals surface area contributed by atoms with E-state index in [2.05, 4.69) is 41.5 Å². The van der Waals surface area contributed by atoms with Gasteiger partial charge in [-0.15, -0.1) is 0 Å². The van der Waals surface area contributed by atoms with Crippen molar-refractivity contribution in [1.82, 2.24) is 0 Å². The van der Waals surface area contributed by atoms with E-state index in [0.29, 0.717) is 0 Å². The fraction of sp³-hybridized carbons (Fsp3) is 1.00. The van der Waals surface area contributed by atoms with Crippen LogP contribution in [-0.4, -0.2) is 0 Å². The van der Waals surface area contributed by atoms with Gasteiger partial charge in [0.1, 0.15) is 0 Å². The third-order valence-corrected chi connectivity index (χ3v) is 6.72. The van der Waals surface area contributed by atoms with Crippen molar-refractivity contribution < 1.29 is 0 Å². The fourth-order valence-electron chi connectivity index (χ4n) is 4.86. The molecule has 2 aliphatic carbocycles. The lowest BCUT2D eigenvalue weighted by Crippen LogP contribution is -2.48. The molecule has 0 aromatic heterocycles. The van der Waals surface area contributed by atoms with Crippen LogP contribution in [0.3, 0.4) is 0 Å². The number of hydrogen-bond acceptors (Lipinski definition) is 0. The van der Waals surface area contributed by atoms with Crippen LogP contribution in [0.2, 0.25) is 0 Å². The maximum Gasteiger partial charge on any atom is -0.0326 e. The Morgan fingerprint density at radius 1 is 0.562 bits per heavy atom. The first-order valence-corrected chi connectivity index (χ1v) is 7.45. The molecule has 8 unspecified atom stereocenters. The molecule has 0 aromatic carbocycles. The Balaban J connectivity index is 2.24. The highest BCUT2D eigenvalue weighted by Gasteiger charge is 2.47. The van der Waals surface area contributed by atoms with Crippen molar-refractivity contribution >= 4 is 0 Å². The van der Waals surface area contributed by atoms with Gasteiger partial charge in [0, 0.05) is 0 Å². The first kappa shape index (κ1) is 12.5. The largest absolute Gasteiger partial charge is 0.0622 e. The normalized spacial score (nSPS) is 58.1. The lowest BCUT2D eigenvalue weighted by atomic mass is 9.51. The molecule has 2 saturated carbocycles. The fourth-order valence-corrected chi connectivity index (χ4v) is 4.86. The number of rotatable bonds is 0. The minimum absolute atomic E-state index is 0.920. The van der Waals surface area contributed by atoms with Gasteiger partial charge in [0.25, 0.3) is 0 Å². The molecule has 0 nitrogen and oxygen atoms in total. The quantitative estimate of drug-likeness (QED) is 0.550. The number of fused-ring (bicyclic) bond motifs is 1. The van der Waals surface area contributed by atoms with Gasteiger partial charge in [-0.3, -0.25) is 0 Å². The molecule has 2 fully saturated rings. The van der Waals surface area contributed by atoms with Crippen LogP contribution < -0.4 is 0 Å². The monoisotopic (exact) mass is 222 g/mol. The second-order valence-corrected chi connectivity index (χ2v) is 7.09. The maximum atomic E-state index is 2.53. The predicted octanol–water partition coefficient (Wildman–Crippen LogP) is 4.84. The smallest absolute Gasteiger partial charge is 0.0326 e. The van der Waals surface area contributed by atoms with Gasteiger partial charge in [0.2, 0.25) is 0 Å². The second-order valence-electron chi connectivity index (χ2n) is 7.09. The van der Waals surface area contributed by atoms with Crippen LogP contribution in [0, 0.1) is 47.3 Å². The summed E-state index contributed by atoms with van der Waals surface area (Å²) in [5, 5.41) is 0. The molecule has 2 rings (SSSR count). The molecule has 8 atom stereocenters. The van der Waals surface area contributed by atoms with Crippen molar-refractivity contribution in [2.24, 2.45) is 47.3 Å². The molecule has 94 valence electrons. The summed E-state index contributed by atoms with van der Waals surface area (Å²) in [7, 11) is 0. The summed E-state index contributed by atoms with van der Waals surface area (Å²) >= 11 is 0. The summed E-state index contributed by atoms with van der Waals surface area (Å²) in [6.45, 7) is 15.0. The average molecular weight is 222 g/mol. The van der Waals surface area contributed by atoms with Gasteiger partial charge < -0.3 is 0 Å². The summed E-state index contributed by atoms with van der Waals surface area (Å²) in [5.41, 5.74) is 0. The van der Waals surface area contributed by atoms with E-state index in [0.717, 1.165) is 47.3 Å². The van der Waals surface area contributed by atoms with E-state index in [9.17, 15) is 0 Å². The van der Waals surface area contributed by atoms with E-state index in [1.165, 1.54) is 12.8 Å². The Bertz CT molecular complexity index is 244. The molecule has 16 heavy (non-hydrogen) atoms. The van der Waals surface area contributed by atoms with Crippen molar-refractivity contribution in [1.29, 1.82) is 0 Å². The molecule has 0 bridgehead atoms. The molecule has 0 radical (unpaired) electrons. The zero-order valence-corrected chi connectivity index (χ0v) is 12.0. The molecule has 0 spiro atoms. The Hall–Kier alpha value is 0. The first-order valence-electron chi connectivity index (χ1n) is 7.45. The highest BCUT2D eigenvalue weighted by atomic mass is 14.5. The summed E-state index contributed by atoms with van der Waals surface area (Å²) in [4.78, 5) is 0. The van der Waals surface area contributed by atoms with Gasteiger partial charge in [0.15, 0.2) is 0 Å². The molecule has 2 aliphatic rings. The summed E-state index contributed by atoms with van der Waals surface area (Å²) in [5.74, 6) is 7.67. The standard InChI is InChI=1S/C16H30/c1-9-7-8-15-13(5)11(3)12(4)14(6)16(15)10(9)2/h9-16H,7-8H2,1-6H3. The van der Waals surface area contributed by atoms with Gasteiger partial charge in [0.05, 0.1) is 0 Å². The van der Waals surface area contributed by atoms with Gasteiger partial charge in [-0.1, -0.05) is 48.0 Å². The molecular formula is C16H30. The second kappa shape index (κ2) is 4.35. The van der Waals surface area contributed by atoms with Crippen LogP contribution >= 0.6 is 0 Å². The molecule has 0 saturated heterocycles. The van der Waals surface area contributed by atoms with Crippen LogP contribution in [0.4, 0.5) is 0 Å². The van der Waals surface area contributed by atoms with E-state index in [-0.39, 0.29) is 0 Å². The Morgan fingerprint density at radius 3 is 1.75 bits per heavy atom. The molecule has 0 aromatic rings. The van der Waals surface area contributed by atoms with Crippen molar-refractivity contribution in [3.63, 3.8) is 0 Å². The highest BCUT2D eigenvalue weighted by Crippen LogP contribution is 2.54. The van der Waals surface area contributed by atoms with E-state index in [1.54, 1.807) is 0 Å². The molecule has 0 N–H and O–H groups in total. The van der Waals surface area contributed by atoms with Crippen LogP contribution in [0.5, 0.6) is 0 Å². The van der Waals surface area contributed by atoms with Crippen LogP contribution in [0.25, 0.3) is 0 Å². The third-order valence-electron chi connectivity index (χ3n) is 6.72. The van der Waals surface area contributed by atoms with Crippen LogP contribution in [0.15, 0.2) is 0 Å².